The Morgan fingerprint density at radius 2 is 2.20 bits per heavy atom. The summed E-state index contributed by atoms with van der Waals surface area (Å²) in [7, 11) is 1.50. The zero-order valence-electron chi connectivity index (χ0n) is 11.3. The molecule has 1 N–H and O–H groups in total. The van der Waals surface area contributed by atoms with Crippen LogP contribution in [0.15, 0.2) is 24.4 Å². The molecule has 0 saturated heterocycles. The lowest BCUT2D eigenvalue weighted by atomic mass is 10.2. The van der Waals surface area contributed by atoms with E-state index in [1.54, 1.807) is 23.5 Å². The van der Waals surface area contributed by atoms with E-state index in [-0.39, 0.29) is 5.69 Å². The predicted octanol–water partition coefficient (Wildman–Crippen LogP) is 2.66. The van der Waals surface area contributed by atoms with Crippen LogP contribution in [-0.2, 0) is 13.1 Å². The Bertz CT molecular complexity index is 613. The molecule has 20 heavy (non-hydrogen) atoms. The third-order valence-electron chi connectivity index (χ3n) is 2.70. The number of non-ortho nitro benzene ring substituents is 1. The molecule has 0 aliphatic rings. The Hall–Kier alpha value is -1.99. The first kappa shape index (κ1) is 14.4. The molecule has 1 heterocycles. The highest BCUT2D eigenvalue weighted by Gasteiger charge is 2.10. The molecule has 2 rings (SSSR count). The third-order valence-corrected chi connectivity index (χ3v) is 3.61. The minimum absolute atomic E-state index is 0.0368. The average Bonchev–Trinajstić information content (AvgIpc) is 2.84. The zero-order chi connectivity index (χ0) is 14.5. The second kappa shape index (κ2) is 6.44. The lowest BCUT2D eigenvalue weighted by Crippen LogP contribution is -2.12. The van der Waals surface area contributed by atoms with E-state index < -0.39 is 4.92 Å². The molecule has 2 aromatic rings. The molecular weight excluding hydrogens is 278 g/mol. The van der Waals surface area contributed by atoms with Gasteiger partial charge in [-0.15, -0.1) is 11.3 Å². The predicted molar refractivity (Wildman–Crippen MR) is 77.0 cm³/mol. The van der Waals surface area contributed by atoms with E-state index in [0.29, 0.717) is 18.8 Å². The number of aromatic nitrogens is 1. The molecule has 1 aromatic carbocycles. The molecule has 0 aliphatic heterocycles. The third kappa shape index (κ3) is 3.75. The number of nitro groups is 1. The van der Waals surface area contributed by atoms with Crippen molar-refractivity contribution in [3.8, 4) is 5.75 Å². The minimum Gasteiger partial charge on any atom is -0.496 e. The van der Waals surface area contributed by atoms with Gasteiger partial charge in [-0.25, -0.2) is 4.98 Å². The fourth-order valence-corrected chi connectivity index (χ4v) is 2.55. The number of aryl methyl sites for hydroxylation is 1. The Morgan fingerprint density at radius 1 is 1.40 bits per heavy atom. The van der Waals surface area contributed by atoms with Gasteiger partial charge < -0.3 is 10.1 Å². The maximum absolute atomic E-state index is 10.8. The average molecular weight is 293 g/mol. The molecule has 0 fully saturated rings. The fraction of sp³-hybridized carbons (Fsp3) is 0.308. The summed E-state index contributed by atoms with van der Waals surface area (Å²) in [6.45, 7) is 3.19. The van der Waals surface area contributed by atoms with Crippen LogP contribution in [0.5, 0.6) is 5.75 Å². The molecule has 0 saturated carbocycles. The number of benzene rings is 1. The highest BCUT2D eigenvalue weighted by atomic mass is 32.1. The highest BCUT2D eigenvalue weighted by molar-refractivity contribution is 7.11. The summed E-state index contributed by atoms with van der Waals surface area (Å²) >= 11 is 1.63. The first-order valence-corrected chi connectivity index (χ1v) is 6.84. The summed E-state index contributed by atoms with van der Waals surface area (Å²) < 4.78 is 5.07. The van der Waals surface area contributed by atoms with Gasteiger partial charge in [-0.3, -0.25) is 10.1 Å². The highest BCUT2D eigenvalue weighted by Crippen LogP contribution is 2.22. The van der Waals surface area contributed by atoms with E-state index >= 15 is 0 Å². The van der Waals surface area contributed by atoms with Crippen LogP contribution in [0.3, 0.4) is 0 Å². The number of hydrogen-bond donors (Lipinski definition) is 1. The van der Waals surface area contributed by atoms with Crippen molar-refractivity contribution in [3.05, 3.63) is 50.0 Å². The summed E-state index contributed by atoms with van der Waals surface area (Å²) in [5, 5.41) is 15.1. The Kier molecular flexibility index (Phi) is 4.65. The number of nitro benzene ring substituents is 1. The molecule has 0 unspecified atom stereocenters. The van der Waals surface area contributed by atoms with Crippen molar-refractivity contribution in [2.45, 2.75) is 20.0 Å². The van der Waals surface area contributed by atoms with Crippen LogP contribution in [0, 0.1) is 17.0 Å². The number of ether oxygens (including phenoxy) is 1. The largest absolute Gasteiger partial charge is 0.496 e. The van der Waals surface area contributed by atoms with E-state index in [1.165, 1.54) is 13.2 Å². The Labute approximate surface area is 120 Å². The van der Waals surface area contributed by atoms with Gasteiger partial charge >= 0.3 is 0 Å². The van der Waals surface area contributed by atoms with Crippen molar-refractivity contribution in [1.29, 1.82) is 0 Å². The number of rotatable bonds is 6. The van der Waals surface area contributed by atoms with Gasteiger partial charge in [0, 0.05) is 30.2 Å². The molecular formula is C13H15N3O3S. The van der Waals surface area contributed by atoms with Gasteiger partial charge in [0.05, 0.1) is 23.1 Å². The second-order valence-electron chi connectivity index (χ2n) is 4.25. The second-order valence-corrected chi connectivity index (χ2v) is 5.56. The van der Waals surface area contributed by atoms with Crippen LogP contribution in [0.1, 0.15) is 15.4 Å². The number of nitrogens with zero attached hydrogens (tertiary/aromatic N) is 2. The monoisotopic (exact) mass is 293 g/mol. The molecule has 0 amide bonds. The van der Waals surface area contributed by atoms with E-state index in [1.807, 2.05) is 13.1 Å². The molecule has 0 radical (unpaired) electrons. The van der Waals surface area contributed by atoms with Gasteiger partial charge in [0.25, 0.3) is 5.69 Å². The van der Waals surface area contributed by atoms with Gasteiger partial charge in [0.15, 0.2) is 0 Å². The minimum atomic E-state index is -0.418. The van der Waals surface area contributed by atoms with E-state index in [2.05, 4.69) is 10.3 Å². The first-order valence-electron chi connectivity index (χ1n) is 6.03. The van der Waals surface area contributed by atoms with Crippen LogP contribution in [0.2, 0.25) is 0 Å². The number of methoxy groups -OCH3 is 1. The lowest BCUT2D eigenvalue weighted by molar-refractivity contribution is -0.385. The van der Waals surface area contributed by atoms with Crippen LogP contribution < -0.4 is 10.1 Å². The summed E-state index contributed by atoms with van der Waals surface area (Å²) in [6, 6.07) is 4.75. The van der Waals surface area contributed by atoms with E-state index in [0.717, 1.165) is 15.4 Å². The quantitative estimate of drug-likeness (QED) is 0.654. The summed E-state index contributed by atoms with van der Waals surface area (Å²) in [4.78, 5) is 15.7. The molecule has 1 aromatic heterocycles. The molecule has 106 valence electrons. The number of hydrogen-bond acceptors (Lipinski definition) is 6. The molecule has 6 nitrogen and oxygen atoms in total. The Morgan fingerprint density at radius 3 is 2.80 bits per heavy atom. The van der Waals surface area contributed by atoms with Crippen molar-refractivity contribution in [2.75, 3.05) is 7.11 Å². The topological polar surface area (TPSA) is 77.3 Å². The van der Waals surface area contributed by atoms with Crippen molar-refractivity contribution in [2.24, 2.45) is 0 Å². The smallest absolute Gasteiger partial charge is 0.273 e. The van der Waals surface area contributed by atoms with Crippen LogP contribution in [-0.4, -0.2) is 17.0 Å². The van der Waals surface area contributed by atoms with Gasteiger partial charge in [-0.1, -0.05) is 0 Å². The summed E-state index contributed by atoms with van der Waals surface area (Å²) in [6.07, 6.45) is 1.83. The maximum Gasteiger partial charge on any atom is 0.273 e. The van der Waals surface area contributed by atoms with Crippen LogP contribution in [0.4, 0.5) is 5.69 Å². The van der Waals surface area contributed by atoms with Gasteiger partial charge in [0.2, 0.25) is 0 Å². The zero-order valence-corrected chi connectivity index (χ0v) is 12.1. The van der Waals surface area contributed by atoms with Gasteiger partial charge in [-0.2, -0.15) is 0 Å². The van der Waals surface area contributed by atoms with Crippen LogP contribution in [0.25, 0.3) is 0 Å². The number of nitrogens with one attached hydrogen (secondary N) is 1. The van der Waals surface area contributed by atoms with E-state index in [9.17, 15) is 10.1 Å². The van der Waals surface area contributed by atoms with Crippen molar-refractivity contribution in [1.82, 2.24) is 10.3 Å². The normalized spacial score (nSPS) is 10.5. The van der Waals surface area contributed by atoms with Crippen molar-refractivity contribution >= 4 is 17.0 Å². The van der Waals surface area contributed by atoms with Crippen molar-refractivity contribution < 1.29 is 9.66 Å². The van der Waals surface area contributed by atoms with Gasteiger partial charge in [0.1, 0.15) is 5.75 Å². The van der Waals surface area contributed by atoms with Gasteiger partial charge in [-0.05, 0) is 18.6 Å². The standard InChI is InChI=1S/C13H15N3O3S/c1-9-15-8-13(20-9)7-14-6-10-3-11(16(17)18)5-12(4-10)19-2/h3-5,8,14H,6-7H2,1-2H3. The van der Waals surface area contributed by atoms with E-state index in [4.69, 9.17) is 4.74 Å². The van der Waals surface area contributed by atoms with Crippen LogP contribution >= 0.6 is 11.3 Å². The van der Waals surface area contributed by atoms with Crippen molar-refractivity contribution in [3.63, 3.8) is 0 Å². The first-order chi connectivity index (χ1) is 9.58. The lowest BCUT2D eigenvalue weighted by Gasteiger charge is -2.06. The molecule has 0 bridgehead atoms. The molecule has 0 spiro atoms. The number of thiazole rings is 1. The maximum atomic E-state index is 10.8. The fourth-order valence-electron chi connectivity index (χ4n) is 1.79. The summed E-state index contributed by atoms with van der Waals surface area (Å²) in [5.41, 5.74) is 0.854. The molecule has 7 heteroatoms. The SMILES string of the molecule is COc1cc(CNCc2cnc(C)s2)cc([N+](=O)[O-])c1. The summed E-state index contributed by atoms with van der Waals surface area (Å²) in [5.74, 6) is 0.490. The molecule has 0 atom stereocenters. The molecule has 0 aliphatic carbocycles. The Balaban J connectivity index is 2.01.